The van der Waals surface area contributed by atoms with Gasteiger partial charge in [0, 0.05) is 25.7 Å². The SMILES string of the molecule is CN=C(NCCc1ccc(OC)c(OC)c1)NCc1ccc(F)c(CO)c1. The molecular weight excluding hydrogens is 349 g/mol. The van der Waals surface area contributed by atoms with Crippen molar-refractivity contribution in [1.82, 2.24) is 10.6 Å². The maximum Gasteiger partial charge on any atom is 0.191 e. The van der Waals surface area contributed by atoms with Gasteiger partial charge in [-0.1, -0.05) is 12.1 Å². The van der Waals surface area contributed by atoms with Gasteiger partial charge in [0.2, 0.25) is 0 Å². The molecular formula is C20H26FN3O3. The van der Waals surface area contributed by atoms with Gasteiger partial charge in [0.25, 0.3) is 0 Å². The van der Waals surface area contributed by atoms with Gasteiger partial charge in [-0.2, -0.15) is 0 Å². The number of rotatable bonds is 8. The predicted molar refractivity (Wildman–Crippen MR) is 104 cm³/mol. The quantitative estimate of drug-likeness (QED) is 0.487. The third kappa shape index (κ3) is 5.86. The van der Waals surface area contributed by atoms with Gasteiger partial charge in [-0.05, 0) is 41.8 Å². The van der Waals surface area contributed by atoms with Crippen LogP contribution in [0, 0.1) is 5.82 Å². The van der Waals surface area contributed by atoms with E-state index in [0.717, 1.165) is 17.5 Å². The van der Waals surface area contributed by atoms with Gasteiger partial charge in [0.05, 0.1) is 20.8 Å². The summed E-state index contributed by atoms with van der Waals surface area (Å²) < 4.78 is 24.0. The maximum atomic E-state index is 13.4. The van der Waals surface area contributed by atoms with E-state index in [2.05, 4.69) is 15.6 Å². The van der Waals surface area contributed by atoms with Gasteiger partial charge in [0.15, 0.2) is 17.5 Å². The molecule has 0 saturated carbocycles. The molecule has 0 spiro atoms. The van der Waals surface area contributed by atoms with E-state index in [9.17, 15) is 4.39 Å². The summed E-state index contributed by atoms with van der Waals surface area (Å²) in [5.41, 5.74) is 2.26. The first-order valence-corrected chi connectivity index (χ1v) is 8.64. The van der Waals surface area contributed by atoms with E-state index in [1.165, 1.54) is 6.07 Å². The van der Waals surface area contributed by atoms with Crippen LogP contribution in [0.4, 0.5) is 4.39 Å². The van der Waals surface area contributed by atoms with E-state index in [1.54, 1.807) is 33.4 Å². The molecule has 0 atom stereocenters. The van der Waals surface area contributed by atoms with Crippen LogP contribution in [0.1, 0.15) is 16.7 Å². The van der Waals surface area contributed by atoms with Crippen LogP contribution in [0.3, 0.4) is 0 Å². The number of nitrogens with one attached hydrogen (secondary N) is 2. The van der Waals surface area contributed by atoms with Crippen molar-refractivity contribution >= 4 is 5.96 Å². The second kappa shape index (κ2) is 10.4. The molecule has 2 aromatic carbocycles. The smallest absolute Gasteiger partial charge is 0.191 e. The fourth-order valence-electron chi connectivity index (χ4n) is 2.63. The zero-order valence-corrected chi connectivity index (χ0v) is 15.9. The molecule has 0 aromatic heterocycles. The minimum Gasteiger partial charge on any atom is -0.493 e. The van der Waals surface area contributed by atoms with Crippen molar-refractivity contribution in [2.24, 2.45) is 4.99 Å². The highest BCUT2D eigenvalue weighted by atomic mass is 19.1. The topological polar surface area (TPSA) is 75.1 Å². The molecule has 2 rings (SSSR count). The average molecular weight is 375 g/mol. The van der Waals surface area contributed by atoms with Crippen molar-refractivity contribution in [1.29, 1.82) is 0 Å². The van der Waals surface area contributed by atoms with Crippen molar-refractivity contribution in [2.45, 2.75) is 19.6 Å². The van der Waals surface area contributed by atoms with Gasteiger partial charge in [0.1, 0.15) is 5.82 Å². The molecule has 7 heteroatoms. The van der Waals surface area contributed by atoms with E-state index >= 15 is 0 Å². The van der Waals surface area contributed by atoms with Crippen molar-refractivity contribution in [3.63, 3.8) is 0 Å². The lowest BCUT2D eigenvalue weighted by molar-refractivity contribution is 0.275. The Morgan fingerprint density at radius 1 is 1.04 bits per heavy atom. The summed E-state index contributed by atoms with van der Waals surface area (Å²) in [5.74, 6) is 1.64. The summed E-state index contributed by atoms with van der Waals surface area (Å²) >= 11 is 0. The second-order valence-corrected chi connectivity index (χ2v) is 5.88. The normalized spacial score (nSPS) is 11.2. The summed E-state index contributed by atoms with van der Waals surface area (Å²) in [5, 5.41) is 15.6. The molecule has 2 aromatic rings. The molecule has 0 saturated heterocycles. The molecule has 0 fully saturated rings. The van der Waals surface area contributed by atoms with Crippen LogP contribution in [-0.4, -0.2) is 38.9 Å². The number of nitrogens with zero attached hydrogens (tertiary/aromatic N) is 1. The number of ether oxygens (including phenoxy) is 2. The van der Waals surface area contributed by atoms with Crippen LogP contribution in [0.25, 0.3) is 0 Å². The Bertz CT molecular complexity index is 781. The molecule has 0 unspecified atom stereocenters. The van der Waals surface area contributed by atoms with Crippen LogP contribution in [0.2, 0.25) is 0 Å². The highest BCUT2D eigenvalue weighted by molar-refractivity contribution is 5.79. The lowest BCUT2D eigenvalue weighted by Crippen LogP contribution is -2.37. The molecule has 0 amide bonds. The van der Waals surface area contributed by atoms with E-state index in [0.29, 0.717) is 30.5 Å². The average Bonchev–Trinajstić information content (AvgIpc) is 2.71. The third-order valence-electron chi connectivity index (χ3n) is 4.12. The molecule has 0 bridgehead atoms. The Hall–Kier alpha value is -2.80. The first kappa shape index (κ1) is 20.5. The molecule has 0 heterocycles. The highest BCUT2D eigenvalue weighted by Gasteiger charge is 2.06. The van der Waals surface area contributed by atoms with E-state index in [1.807, 2.05) is 18.2 Å². The first-order chi connectivity index (χ1) is 13.1. The largest absolute Gasteiger partial charge is 0.493 e. The van der Waals surface area contributed by atoms with Crippen LogP contribution in [0.5, 0.6) is 11.5 Å². The van der Waals surface area contributed by atoms with Gasteiger partial charge < -0.3 is 25.2 Å². The Balaban J connectivity index is 1.85. The molecule has 0 aliphatic rings. The molecule has 0 aliphatic heterocycles. The number of hydrogen-bond acceptors (Lipinski definition) is 4. The number of methoxy groups -OCH3 is 2. The number of aliphatic imine (C=N–C) groups is 1. The Kier molecular flexibility index (Phi) is 7.88. The summed E-state index contributed by atoms with van der Waals surface area (Å²) in [6, 6.07) is 10.5. The van der Waals surface area contributed by atoms with Gasteiger partial charge >= 0.3 is 0 Å². The Morgan fingerprint density at radius 3 is 2.44 bits per heavy atom. The maximum absolute atomic E-state index is 13.4. The van der Waals surface area contributed by atoms with Crippen molar-refractivity contribution in [3.05, 3.63) is 58.9 Å². The molecule has 6 nitrogen and oxygen atoms in total. The fourth-order valence-corrected chi connectivity index (χ4v) is 2.63. The van der Waals surface area contributed by atoms with Crippen molar-refractivity contribution < 1.29 is 19.0 Å². The number of aliphatic hydroxyl groups is 1. The Labute approximate surface area is 159 Å². The lowest BCUT2D eigenvalue weighted by Gasteiger charge is -2.13. The molecule has 146 valence electrons. The van der Waals surface area contributed by atoms with Crippen molar-refractivity contribution in [3.8, 4) is 11.5 Å². The minimum absolute atomic E-state index is 0.283. The number of guanidine groups is 1. The van der Waals surface area contributed by atoms with Crippen LogP contribution >= 0.6 is 0 Å². The number of aliphatic hydroxyl groups excluding tert-OH is 1. The predicted octanol–water partition coefficient (Wildman–Crippen LogP) is 2.24. The summed E-state index contributed by atoms with van der Waals surface area (Å²) in [7, 11) is 4.91. The molecule has 3 N–H and O–H groups in total. The number of benzene rings is 2. The van der Waals surface area contributed by atoms with Crippen LogP contribution in [0.15, 0.2) is 41.4 Å². The minimum atomic E-state index is -0.404. The van der Waals surface area contributed by atoms with Gasteiger partial charge in [-0.3, -0.25) is 4.99 Å². The summed E-state index contributed by atoms with van der Waals surface area (Å²) in [6.07, 6.45) is 0.784. The van der Waals surface area contributed by atoms with Crippen LogP contribution in [-0.2, 0) is 19.6 Å². The highest BCUT2D eigenvalue weighted by Crippen LogP contribution is 2.27. The zero-order valence-electron chi connectivity index (χ0n) is 15.9. The monoisotopic (exact) mass is 375 g/mol. The third-order valence-corrected chi connectivity index (χ3v) is 4.12. The second-order valence-electron chi connectivity index (χ2n) is 5.88. The summed E-state index contributed by atoms with van der Waals surface area (Å²) in [6.45, 7) is 0.835. The molecule has 27 heavy (non-hydrogen) atoms. The van der Waals surface area contributed by atoms with Crippen molar-refractivity contribution in [2.75, 3.05) is 27.8 Å². The van der Waals surface area contributed by atoms with Crippen LogP contribution < -0.4 is 20.1 Å². The number of hydrogen-bond donors (Lipinski definition) is 3. The van der Waals surface area contributed by atoms with E-state index in [4.69, 9.17) is 14.6 Å². The zero-order chi connectivity index (χ0) is 19.6. The summed E-state index contributed by atoms with van der Waals surface area (Å²) in [4.78, 5) is 4.18. The molecule has 0 radical (unpaired) electrons. The molecule has 0 aliphatic carbocycles. The number of halogens is 1. The Morgan fingerprint density at radius 2 is 1.78 bits per heavy atom. The van der Waals surface area contributed by atoms with E-state index < -0.39 is 5.82 Å². The van der Waals surface area contributed by atoms with E-state index in [-0.39, 0.29) is 12.2 Å². The standard InChI is InChI=1S/C20H26FN3O3/c1-22-20(24-12-15-4-6-17(21)16(10-15)13-25)23-9-8-14-5-7-18(26-2)19(11-14)27-3/h4-7,10-11,25H,8-9,12-13H2,1-3H3,(H2,22,23,24). The first-order valence-electron chi connectivity index (χ1n) is 8.64. The lowest BCUT2D eigenvalue weighted by atomic mass is 10.1. The fraction of sp³-hybridized carbons (Fsp3) is 0.350. The van der Waals surface area contributed by atoms with Gasteiger partial charge in [-0.25, -0.2) is 4.39 Å². The van der Waals surface area contributed by atoms with Gasteiger partial charge in [-0.15, -0.1) is 0 Å².